The minimum Gasteiger partial charge on any atom is -0.348 e. The Morgan fingerprint density at radius 1 is 1.04 bits per heavy atom. The standard InChI is InChI=1S/C21H32O2/c1-4-7-9-14-19(15-18-12-10-8-11-13-18)20-22-16-21(5-2,6-3)17-23-20/h8,10-13,15,20H,4-7,9,14,16-17H2,1-3H3/b19-15+. The lowest BCUT2D eigenvalue weighted by atomic mass is 9.83. The fourth-order valence-electron chi connectivity index (χ4n) is 3.07. The fraction of sp³-hybridized carbons (Fsp3) is 0.619. The molecule has 0 N–H and O–H groups in total. The number of hydrogen-bond donors (Lipinski definition) is 0. The van der Waals surface area contributed by atoms with Crippen LogP contribution in [0, 0.1) is 5.41 Å². The first kappa shape index (κ1) is 18.2. The Hall–Kier alpha value is -1.12. The molecule has 1 fully saturated rings. The summed E-state index contributed by atoms with van der Waals surface area (Å²) in [6.07, 6.45) is 9.06. The molecular weight excluding hydrogens is 284 g/mol. The number of rotatable bonds is 8. The molecule has 2 heteroatoms. The van der Waals surface area contributed by atoms with Gasteiger partial charge in [0.2, 0.25) is 0 Å². The molecule has 1 aliphatic rings. The van der Waals surface area contributed by atoms with Gasteiger partial charge in [0.1, 0.15) is 0 Å². The zero-order valence-electron chi connectivity index (χ0n) is 15.0. The number of unbranched alkanes of at least 4 members (excludes halogenated alkanes) is 2. The normalized spacial score (nSPS) is 19.0. The van der Waals surface area contributed by atoms with Crippen LogP contribution in [0.2, 0.25) is 0 Å². The highest BCUT2D eigenvalue weighted by Gasteiger charge is 2.34. The van der Waals surface area contributed by atoms with Gasteiger partial charge in [0.15, 0.2) is 6.29 Å². The lowest BCUT2D eigenvalue weighted by molar-refractivity contribution is -0.214. The topological polar surface area (TPSA) is 18.5 Å². The Morgan fingerprint density at radius 3 is 2.26 bits per heavy atom. The van der Waals surface area contributed by atoms with Crippen LogP contribution in [0.25, 0.3) is 6.08 Å². The average Bonchev–Trinajstić information content (AvgIpc) is 2.62. The van der Waals surface area contributed by atoms with Crippen molar-refractivity contribution in [1.82, 2.24) is 0 Å². The summed E-state index contributed by atoms with van der Waals surface area (Å²) in [4.78, 5) is 0. The Bertz CT molecular complexity index is 464. The van der Waals surface area contributed by atoms with Crippen molar-refractivity contribution >= 4 is 6.08 Å². The molecule has 1 aromatic rings. The van der Waals surface area contributed by atoms with E-state index < -0.39 is 0 Å². The van der Waals surface area contributed by atoms with Crippen molar-refractivity contribution < 1.29 is 9.47 Å². The van der Waals surface area contributed by atoms with Crippen LogP contribution >= 0.6 is 0 Å². The van der Waals surface area contributed by atoms with Crippen LogP contribution in [0.4, 0.5) is 0 Å². The molecule has 0 radical (unpaired) electrons. The monoisotopic (exact) mass is 316 g/mol. The Kier molecular flexibility index (Phi) is 7.32. The van der Waals surface area contributed by atoms with E-state index in [1.807, 2.05) is 0 Å². The molecule has 0 unspecified atom stereocenters. The third-order valence-electron chi connectivity index (χ3n) is 5.11. The van der Waals surface area contributed by atoms with Gasteiger partial charge in [0, 0.05) is 5.41 Å². The molecule has 0 aromatic heterocycles. The van der Waals surface area contributed by atoms with E-state index in [1.54, 1.807) is 0 Å². The van der Waals surface area contributed by atoms with Crippen LogP contribution in [0.1, 0.15) is 64.9 Å². The van der Waals surface area contributed by atoms with Gasteiger partial charge in [-0.05, 0) is 36.8 Å². The molecule has 0 amide bonds. The quantitative estimate of drug-likeness (QED) is 0.562. The summed E-state index contributed by atoms with van der Waals surface area (Å²) in [5, 5.41) is 0. The highest BCUT2D eigenvalue weighted by molar-refractivity contribution is 5.53. The largest absolute Gasteiger partial charge is 0.348 e. The Morgan fingerprint density at radius 2 is 1.70 bits per heavy atom. The van der Waals surface area contributed by atoms with Crippen molar-refractivity contribution in [2.75, 3.05) is 13.2 Å². The summed E-state index contributed by atoms with van der Waals surface area (Å²) in [7, 11) is 0. The van der Waals surface area contributed by atoms with Crippen LogP contribution in [0.3, 0.4) is 0 Å². The van der Waals surface area contributed by atoms with Gasteiger partial charge in [-0.15, -0.1) is 0 Å². The van der Waals surface area contributed by atoms with Gasteiger partial charge in [-0.2, -0.15) is 0 Å². The van der Waals surface area contributed by atoms with Crippen molar-refractivity contribution in [3.05, 3.63) is 41.5 Å². The molecule has 2 nitrogen and oxygen atoms in total. The third-order valence-corrected chi connectivity index (χ3v) is 5.11. The van der Waals surface area contributed by atoms with Crippen molar-refractivity contribution in [3.63, 3.8) is 0 Å². The van der Waals surface area contributed by atoms with Crippen LogP contribution in [-0.4, -0.2) is 19.5 Å². The first-order valence-electron chi connectivity index (χ1n) is 9.21. The average molecular weight is 316 g/mol. The van der Waals surface area contributed by atoms with Crippen molar-refractivity contribution in [2.45, 2.75) is 65.6 Å². The molecule has 1 aromatic carbocycles. The second-order valence-electron chi connectivity index (χ2n) is 6.75. The smallest absolute Gasteiger partial charge is 0.180 e. The molecule has 0 aliphatic carbocycles. The van der Waals surface area contributed by atoms with Crippen LogP contribution in [0.5, 0.6) is 0 Å². The van der Waals surface area contributed by atoms with Crippen molar-refractivity contribution in [2.24, 2.45) is 5.41 Å². The summed E-state index contributed by atoms with van der Waals surface area (Å²) in [6.45, 7) is 8.33. The highest BCUT2D eigenvalue weighted by atomic mass is 16.7. The van der Waals surface area contributed by atoms with Gasteiger partial charge in [-0.1, -0.05) is 70.0 Å². The molecule has 128 valence electrons. The summed E-state index contributed by atoms with van der Waals surface area (Å²) in [5.74, 6) is 0. The van der Waals surface area contributed by atoms with Gasteiger partial charge in [-0.3, -0.25) is 0 Å². The lowest BCUT2D eigenvalue weighted by Gasteiger charge is -2.39. The van der Waals surface area contributed by atoms with E-state index in [4.69, 9.17) is 9.47 Å². The zero-order valence-corrected chi connectivity index (χ0v) is 15.0. The van der Waals surface area contributed by atoms with Gasteiger partial charge in [0.25, 0.3) is 0 Å². The number of ether oxygens (including phenoxy) is 2. The molecule has 23 heavy (non-hydrogen) atoms. The predicted octanol–water partition coefficient (Wildman–Crippen LogP) is 5.83. The maximum atomic E-state index is 6.15. The predicted molar refractivity (Wildman–Crippen MR) is 97.3 cm³/mol. The van der Waals surface area contributed by atoms with Crippen molar-refractivity contribution in [3.8, 4) is 0 Å². The Balaban J connectivity index is 2.07. The van der Waals surface area contributed by atoms with Gasteiger partial charge in [-0.25, -0.2) is 0 Å². The van der Waals surface area contributed by atoms with Gasteiger partial charge < -0.3 is 9.47 Å². The third kappa shape index (κ3) is 5.19. The van der Waals surface area contributed by atoms with E-state index >= 15 is 0 Å². The molecular formula is C21H32O2. The maximum absolute atomic E-state index is 6.15. The van der Waals surface area contributed by atoms with E-state index in [0.717, 1.165) is 32.5 Å². The Labute approximate surface area is 141 Å². The molecule has 1 saturated heterocycles. The van der Waals surface area contributed by atoms with E-state index in [2.05, 4.69) is 57.2 Å². The molecule has 0 atom stereocenters. The molecule has 0 saturated carbocycles. The van der Waals surface area contributed by atoms with Gasteiger partial charge >= 0.3 is 0 Å². The molecule has 2 rings (SSSR count). The molecule has 1 aliphatic heterocycles. The van der Waals surface area contributed by atoms with Crippen LogP contribution in [0.15, 0.2) is 35.9 Å². The summed E-state index contributed by atoms with van der Waals surface area (Å²) >= 11 is 0. The molecule has 0 spiro atoms. The summed E-state index contributed by atoms with van der Waals surface area (Å²) in [5.41, 5.74) is 2.72. The lowest BCUT2D eigenvalue weighted by Crippen LogP contribution is -2.41. The van der Waals surface area contributed by atoms with Gasteiger partial charge in [0.05, 0.1) is 13.2 Å². The number of hydrogen-bond acceptors (Lipinski definition) is 2. The SMILES string of the molecule is CCCCC/C(=C\c1ccccc1)C1OCC(CC)(CC)CO1. The second kappa shape index (κ2) is 9.24. The molecule has 0 bridgehead atoms. The first-order chi connectivity index (χ1) is 11.2. The number of benzene rings is 1. The highest BCUT2D eigenvalue weighted by Crippen LogP contribution is 2.34. The first-order valence-corrected chi connectivity index (χ1v) is 9.21. The second-order valence-corrected chi connectivity index (χ2v) is 6.75. The van der Waals surface area contributed by atoms with E-state index in [1.165, 1.54) is 30.4 Å². The zero-order chi connectivity index (χ0) is 16.5. The van der Waals surface area contributed by atoms with E-state index in [-0.39, 0.29) is 11.7 Å². The summed E-state index contributed by atoms with van der Waals surface area (Å²) in [6, 6.07) is 10.5. The van der Waals surface area contributed by atoms with E-state index in [0.29, 0.717) is 0 Å². The van der Waals surface area contributed by atoms with Crippen LogP contribution < -0.4 is 0 Å². The van der Waals surface area contributed by atoms with Crippen LogP contribution in [-0.2, 0) is 9.47 Å². The molecule has 1 heterocycles. The minimum atomic E-state index is -0.168. The minimum absolute atomic E-state index is 0.168. The van der Waals surface area contributed by atoms with E-state index in [9.17, 15) is 0 Å². The fourth-order valence-corrected chi connectivity index (χ4v) is 3.07. The summed E-state index contributed by atoms with van der Waals surface area (Å²) < 4.78 is 12.3. The van der Waals surface area contributed by atoms with Crippen molar-refractivity contribution in [1.29, 1.82) is 0 Å². The maximum Gasteiger partial charge on any atom is 0.180 e.